The van der Waals surface area contributed by atoms with Crippen molar-refractivity contribution in [2.24, 2.45) is 0 Å². The fraction of sp³-hybridized carbons (Fsp3) is 0.0714. The van der Waals surface area contributed by atoms with E-state index in [0.717, 1.165) is 5.56 Å². The largest absolute Gasteiger partial charge is 0.496 e. The number of methoxy groups -OCH3 is 1. The molecule has 0 aliphatic rings. The summed E-state index contributed by atoms with van der Waals surface area (Å²) >= 11 is 6.27. The highest BCUT2D eigenvalue weighted by Gasteiger charge is 2.16. The molecule has 0 heterocycles. The number of halogens is 1. The van der Waals surface area contributed by atoms with E-state index >= 15 is 0 Å². The van der Waals surface area contributed by atoms with Crippen LogP contribution in [0.1, 0.15) is 15.9 Å². The number of ether oxygens (including phenoxy) is 2. The van der Waals surface area contributed by atoms with Gasteiger partial charge in [-0.1, -0.05) is 54.1 Å². The summed E-state index contributed by atoms with van der Waals surface area (Å²) in [5.74, 6) is -0.0742. The average Bonchev–Trinajstić information content (AvgIpc) is 2.87. The lowest BCUT2D eigenvalue weighted by Gasteiger charge is -2.16. The van der Waals surface area contributed by atoms with Crippen LogP contribution in [0.15, 0.2) is 84.9 Å². The van der Waals surface area contributed by atoms with Gasteiger partial charge < -0.3 is 25.2 Å². The number of benzene rings is 4. The van der Waals surface area contributed by atoms with Gasteiger partial charge in [0.15, 0.2) is 5.75 Å². The molecule has 0 saturated carbocycles. The van der Waals surface area contributed by atoms with Crippen LogP contribution in [0.3, 0.4) is 0 Å². The second kappa shape index (κ2) is 10.8. The Morgan fingerprint density at radius 2 is 1.42 bits per heavy atom. The molecule has 0 saturated heterocycles. The Labute approximate surface area is 213 Å². The summed E-state index contributed by atoms with van der Waals surface area (Å²) in [5, 5.41) is 15.6. The number of anilines is 2. The van der Waals surface area contributed by atoms with Gasteiger partial charge in [0, 0.05) is 5.69 Å². The van der Waals surface area contributed by atoms with Crippen LogP contribution in [-0.2, 0) is 0 Å². The van der Waals surface area contributed by atoms with E-state index in [-0.39, 0.29) is 11.3 Å². The molecule has 0 aliphatic heterocycles. The molecule has 0 aromatic heterocycles. The zero-order valence-corrected chi connectivity index (χ0v) is 20.3. The zero-order valence-electron chi connectivity index (χ0n) is 19.5. The van der Waals surface area contributed by atoms with Crippen LogP contribution in [0, 0.1) is 6.92 Å². The Balaban J connectivity index is 1.71. The van der Waals surface area contributed by atoms with Gasteiger partial charge >= 0.3 is 12.0 Å². The van der Waals surface area contributed by atoms with Crippen molar-refractivity contribution in [3.63, 3.8) is 0 Å². The lowest BCUT2D eigenvalue weighted by Crippen LogP contribution is -2.20. The first kappa shape index (κ1) is 24.6. The summed E-state index contributed by atoms with van der Waals surface area (Å²) < 4.78 is 11.2. The van der Waals surface area contributed by atoms with Crippen molar-refractivity contribution in [1.82, 2.24) is 0 Å². The van der Waals surface area contributed by atoms with Gasteiger partial charge in [-0.25, -0.2) is 9.59 Å². The fourth-order valence-electron chi connectivity index (χ4n) is 3.59. The fourth-order valence-corrected chi connectivity index (χ4v) is 3.76. The van der Waals surface area contributed by atoms with Crippen LogP contribution in [0.5, 0.6) is 17.2 Å². The van der Waals surface area contributed by atoms with Gasteiger partial charge in [0.25, 0.3) is 0 Å². The van der Waals surface area contributed by atoms with Crippen molar-refractivity contribution < 1.29 is 24.2 Å². The quantitative estimate of drug-likeness (QED) is 0.244. The first-order valence-electron chi connectivity index (χ1n) is 11.0. The Kier molecular flexibility index (Phi) is 7.42. The molecule has 0 spiro atoms. The molecule has 0 bridgehead atoms. The molecule has 2 amide bonds. The summed E-state index contributed by atoms with van der Waals surface area (Å²) in [6.45, 7) is 1.89. The summed E-state index contributed by atoms with van der Waals surface area (Å²) in [5.41, 5.74) is 3.26. The topological polar surface area (TPSA) is 96.9 Å². The molecule has 7 nitrogen and oxygen atoms in total. The van der Waals surface area contributed by atoms with Crippen LogP contribution >= 0.6 is 11.6 Å². The van der Waals surface area contributed by atoms with E-state index in [2.05, 4.69) is 10.6 Å². The minimum atomic E-state index is -1.11. The molecular weight excluding hydrogens is 480 g/mol. The molecular formula is C28H23ClN2O5. The van der Waals surface area contributed by atoms with Crippen molar-refractivity contribution in [3.05, 3.63) is 101 Å². The molecule has 3 N–H and O–H groups in total. The van der Waals surface area contributed by atoms with E-state index in [1.54, 1.807) is 60.7 Å². The number of amides is 2. The predicted molar refractivity (Wildman–Crippen MR) is 141 cm³/mol. The van der Waals surface area contributed by atoms with Crippen molar-refractivity contribution in [2.45, 2.75) is 6.92 Å². The molecule has 0 radical (unpaired) electrons. The third kappa shape index (κ3) is 5.59. The number of rotatable bonds is 7. The number of nitrogens with one attached hydrogen (secondary N) is 2. The van der Waals surface area contributed by atoms with E-state index < -0.39 is 12.0 Å². The number of para-hydroxylation sites is 2. The minimum Gasteiger partial charge on any atom is -0.496 e. The number of carbonyl (C=O) groups excluding carboxylic acids is 1. The maximum absolute atomic E-state index is 12.9. The Morgan fingerprint density at radius 3 is 2.11 bits per heavy atom. The van der Waals surface area contributed by atoms with Gasteiger partial charge in [-0.15, -0.1) is 0 Å². The third-order valence-electron chi connectivity index (χ3n) is 5.44. The summed E-state index contributed by atoms with van der Waals surface area (Å²) in [7, 11) is 1.41. The van der Waals surface area contributed by atoms with Gasteiger partial charge in [-0.3, -0.25) is 0 Å². The van der Waals surface area contributed by atoms with Crippen molar-refractivity contribution in [3.8, 4) is 28.4 Å². The van der Waals surface area contributed by atoms with Crippen molar-refractivity contribution in [2.75, 3.05) is 17.7 Å². The molecule has 0 fully saturated rings. The van der Waals surface area contributed by atoms with Crippen molar-refractivity contribution in [1.29, 1.82) is 0 Å². The predicted octanol–water partition coefficient (Wildman–Crippen LogP) is 7.46. The van der Waals surface area contributed by atoms with Crippen LogP contribution in [0.4, 0.5) is 16.2 Å². The van der Waals surface area contributed by atoms with E-state index in [0.29, 0.717) is 39.0 Å². The standard InChI is InChI=1S/C28H23ClN2O5/c1-17-7-3-5-9-22(17)30-28(34)31-23-16-19(18-11-13-24(35-2)20(15-18)27(32)33)12-14-26(23)36-25-10-6-4-8-21(25)29/h3-16H,1-2H3,(H,32,33)(H2,30,31,34). The van der Waals surface area contributed by atoms with Crippen molar-refractivity contribution >= 4 is 35.0 Å². The number of carbonyl (C=O) groups is 2. The maximum atomic E-state index is 12.9. The number of carboxylic acids is 1. The van der Waals surface area contributed by atoms with Crippen LogP contribution in [-0.4, -0.2) is 24.2 Å². The molecule has 0 atom stereocenters. The molecule has 36 heavy (non-hydrogen) atoms. The number of hydrogen-bond acceptors (Lipinski definition) is 4. The van der Waals surface area contributed by atoms with Gasteiger partial charge in [0.2, 0.25) is 0 Å². The minimum absolute atomic E-state index is 0.0261. The number of hydrogen-bond donors (Lipinski definition) is 3. The summed E-state index contributed by atoms with van der Waals surface area (Å²) in [6, 6.07) is 24.0. The highest BCUT2D eigenvalue weighted by Crippen LogP contribution is 2.37. The summed E-state index contributed by atoms with van der Waals surface area (Å²) in [6.07, 6.45) is 0. The van der Waals surface area contributed by atoms with E-state index in [1.807, 2.05) is 25.1 Å². The zero-order chi connectivity index (χ0) is 25.7. The second-order valence-electron chi connectivity index (χ2n) is 7.86. The Hall–Kier alpha value is -4.49. The smallest absolute Gasteiger partial charge is 0.339 e. The highest BCUT2D eigenvalue weighted by molar-refractivity contribution is 6.32. The van der Waals surface area contributed by atoms with E-state index in [4.69, 9.17) is 21.1 Å². The molecule has 8 heteroatoms. The highest BCUT2D eigenvalue weighted by atomic mass is 35.5. The normalized spacial score (nSPS) is 10.4. The second-order valence-corrected chi connectivity index (χ2v) is 8.26. The van der Waals surface area contributed by atoms with Gasteiger partial charge in [-0.05, 0) is 66.1 Å². The third-order valence-corrected chi connectivity index (χ3v) is 5.75. The monoisotopic (exact) mass is 502 g/mol. The van der Waals surface area contributed by atoms with Crippen LogP contribution in [0.25, 0.3) is 11.1 Å². The number of aromatic carboxylic acids is 1. The first-order chi connectivity index (χ1) is 17.4. The first-order valence-corrected chi connectivity index (χ1v) is 11.4. The summed E-state index contributed by atoms with van der Waals surface area (Å²) in [4.78, 5) is 24.6. The molecule has 4 rings (SSSR count). The lowest BCUT2D eigenvalue weighted by atomic mass is 10.0. The van der Waals surface area contributed by atoms with Gasteiger partial charge in [-0.2, -0.15) is 0 Å². The number of aryl methyl sites for hydroxylation is 1. The van der Waals surface area contributed by atoms with Gasteiger partial charge in [0.1, 0.15) is 17.1 Å². The molecule has 4 aromatic carbocycles. The molecule has 0 unspecified atom stereocenters. The maximum Gasteiger partial charge on any atom is 0.339 e. The van der Waals surface area contributed by atoms with E-state index in [9.17, 15) is 14.7 Å². The van der Waals surface area contributed by atoms with E-state index in [1.165, 1.54) is 13.2 Å². The molecule has 0 aliphatic carbocycles. The molecule has 182 valence electrons. The van der Waals surface area contributed by atoms with Crippen LogP contribution < -0.4 is 20.1 Å². The number of carboxylic acid groups (broad SMARTS) is 1. The van der Waals surface area contributed by atoms with Crippen LogP contribution in [0.2, 0.25) is 5.02 Å². The lowest BCUT2D eigenvalue weighted by molar-refractivity contribution is 0.0693. The average molecular weight is 503 g/mol. The molecule has 4 aromatic rings. The Bertz CT molecular complexity index is 1440. The SMILES string of the molecule is COc1ccc(-c2ccc(Oc3ccccc3Cl)c(NC(=O)Nc3ccccc3C)c2)cc1C(=O)O. The Morgan fingerprint density at radius 1 is 0.778 bits per heavy atom. The van der Waals surface area contributed by atoms with Gasteiger partial charge in [0.05, 0.1) is 17.8 Å². The number of urea groups is 1.